The molecule has 4 rings (SSSR count). The summed E-state index contributed by atoms with van der Waals surface area (Å²) >= 11 is 6.24. The van der Waals surface area contributed by atoms with Gasteiger partial charge in [0.25, 0.3) is 0 Å². The van der Waals surface area contributed by atoms with Gasteiger partial charge in [-0.3, -0.25) is 0 Å². The third kappa shape index (κ3) is 4.00. The maximum atomic E-state index is 9.00. The van der Waals surface area contributed by atoms with Crippen LogP contribution >= 0.6 is 11.6 Å². The zero-order valence-electron chi connectivity index (χ0n) is 16.6. The molecule has 0 saturated carbocycles. The molecule has 1 aliphatic rings. The molecule has 0 aliphatic carbocycles. The third-order valence-electron chi connectivity index (χ3n) is 5.35. The van der Waals surface area contributed by atoms with Crippen LogP contribution in [0.3, 0.4) is 0 Å². The van der Waals surface area contributed by atoms with Gasteiger partial charge in [-0.2, -0.15) is 0 Å². The summed E-state index contributed by atoms with van der Waals surface area (Å²) in [6, 6.07) is 11.5. The van der Waals surface area contributed by atoms with Crippen LogP contribution in [-0.2, 0) is 6.54 Å². The van der Waals surface area contributed by atoms with Gasteiger partial charge in [-0.25, -0.2) is 4.85 Å². The van der Waals surface area contributed by atoms with E-state index in [9.17, 15) is 0 Å². The van der Waals surface area contributed by atoms with Gasteiger partial charge < -0.3 is 15.4 Å². The predicted molar refractivity (Wildman–Crippen MR) is 120 cm³/mol. The van der Waals surface area contributed by atoms with Crippen LogP contribution in [0.15, 0.2) is 41.6 Å². The van der Waals surface area contributed by atoms with Crippen molar-refractivity contribution in [3.05, 3.63) is 64.0 Å². The summed E-state index contributed by atoms with van der Waals surface area (Å²) in [6.45, 7) is 11.3. The van der Waals surface area contributed by atoms with E-state index < -0.39 is 0 Å². The van der Waals surface area contributed by atoms with Crippen molar-refractivity contribution in [2.75, 3.05) is 23.3 Å². The normalized spacial score (nSPS) is 13.9. The first-order valence-electron chi connectivity index (χ1n) is 9.70. The minimum atomic E-state index is 0.547. The van der Waals surface area contributed by atoms with Crippen molar-refractivity contribution in [2.24, 2.45) is 5.16 Å². The van der Waals surface area contributed by atoms with Crippen molar-refractivity contribution in [1.29, 1.82) is 0 Å². The average Bonchev–Trinajstić information content (AvgIpc) is 2.79. The van der Waals surface area contributed by atoms with Crippen LogP contribution in [0.2, 0.25) is 5.02 Å². The van der Waals surface area contributed by atoms with Crippen LogP contribution in [0.1, 0.15) is 24.0 Å². The molecule has 1 aromatic heterocycles. The third-order valence-corrected chi connectivity index (χ3v) is 5.76. The number of hydrogen-bond acceptors (Lipinski definition) is 6. The van der Waals surface area contributed by atoms with E-state index in [1.807, 2.05) is 37.3 Å². The van der Waals surface area contributed by atoms with E-state index in [0.29, 0.717) is 44.0 Å². The van der Waals surface area contributed by atoms with Crippen molar-refractivity contribution in [2.45, 2.75) is 26.3 Å². The fraction of sp³-hybridized carbons (Fsp3) is 0.273. The first-order valence-corrected chi connectivity index (χ1v) is 10.1. The summed E-state index contributed by atoms with van der Waals surface area (Å²) in [7, 11) is 0. The lowest BCUT2D eigenvalue weighted by Crippen LogP contribution is -2.34. The standard InChI is InChI=1S/C22H21ClN6O/c1-14-3-4-15(11-20(14)23)13-25-21-19-12-17(24-2)5-6-18(19)22(27-26-21)29-9-7-16(28-30)8-10-29/h3-6,11-12,30H,7-10,13H2,1H3,(H,25,26). The molecule has 2 heterocycles. The topological polar surface area (TPSA) is 78.0 Å². The molecule has 8 heteroatoms. The fourth-order valence-electron chi connectivity index (χ4n) is 3.57. The quantitative estimate of drug-likeness (QED) is 0.345. The Bertz CT molecular complexity index is 1160. The Morgan fingerprint density at radius 1 is 1.17 bits per heavy atom. The van der Waals surface area contributed by atoms with Gasteiger partial charge in [0.1, 0.15) is 0 Å². The number of hydrogen-bond donors (Lipinski definition) is 2. The summed E-state index contributed by atoms with van der Waals surface area (Å²) in [4.78, 5) is 5.71. The first-order chi connectivity index (χ1) is 14.6. The molecule has 2 N–H and O–H groups in total. The molecular weight excluding hydrogens is 400 g/mol. The van der Waals surface area contributed by atoms with E-state index in [1.54, 1.807) is 6.07 Å². The Morgan fingerprint density at radius 2 is 1.97 bits per heavy atom. The maximum Gasteiger partial charge on any atom is 0.188 e. The lowest BCUT2D eigenvalue weighted by atomic mass is 10.1. The highest BCUT2D eigenvalue weighted by Crippen LogP contribution is 2.33. The van der Waals surface area contributed by atoms with Crippen LogP contribution in [0.5, 0.6) is 0 Å². The molecule has 0 bridgehead atoms. The largest absolute Gasteiger partial charge is 0.411 e. The molecule has 0 amide bonds. The van der Waals surface area contributed by atoms with E-state index in [4.69, 9.17) is 23.4 Å². The lowest BCUT2D eigenvalue weighted by molar-refractivity contribution is 0.315. The SMILES string of the molecule is [C-]#[N+]c1ccc2c(N3CCC(=NO)CC3)nnc(NCc3ccc(C)c(Cl)c3)c2c1. The number of oxime groups is 1. The van der Waals surface area contributed by atoms with Gasteiger partial charge in [0.05, 0.1) is 12.3 Å². The molecule has 152 valence electrons. The van der Waals surface area contributed by atoms with Crippen LogP contribution in [0.4, 0.5) is 17.3 Å². The van der Waals surface area contributed by atoms with Crippen LogP contribution < -0.4 is 10.2 Å². The highest BCUT2D eigenvalue weighted by Gasteiger charge is 2.20. The summed E-state index contributed by atoms with van der Waals surface area (Å²) < 4.78 is 0. The van der Waals surface area contributed by atoms with Crippen molar-refractivity contribution >= 4 is 45.4 Å². The lowest BCUT2D eigenvalue weighted by Gasteiger charge is -2.29. The van der Waals surface area contributed by atoms with Gasteiger partial charge in [0, 0.05) is 48.3 Å². The molecule has 0 unspecified atom stereocenters. The highest BCUT2D eigenvalue weighted by atomic mass is 35.5. The van der Waals surface area contributed by atoms with Crippen LogP contribution in [0.25, 0.3) is 15.6 Å². The van der Waals surface area contributed by atoms with Crippen LogP contribution in [-0.4, -0.2) is 34.2 Å². The van der Waals surface area contributed by atoms with E-state index in [-0.39, 0.29) is 0 Å². The Kier molecular flexibility index (Phi) is 5.68. The Hall–Kier alpha value is -3.37. The minimum Gasteiger partial charge on any atom is -0.411 e. The molecule has 2 aromatic carbocycles. The molecule has 7 nitrogen and oxygen atoms in total. The predicted octanol–water partition coefficient (Wildman–Crippen LogP) is 5.18. The second-order valence-electron chi connectivity index (χ2n) is 7.30. The van der Waals surface area contributed by atoms with E-state index in [0.717, 1.165) is 38.5 Å². The van der Waals surface area contributed by atoms with Gasteiger partial charge >= 0.3 is 0 Å². The van der Waals surface area contributed by atoms with Crippen molar-refractivity contribution in [1.82, 2.24) is 10.2 Å². The molecule has 1 fully saturated rings. The molecule has 0 radical (unpaired) electrons. The van der Waals surface area contributed by atoms with Crippen molar-refractivity contribution < 1.29 is 5.21 Å². The number of nitrogens with zero attached hydrogens (tertiary/aromatic N) is 5. The average molecular weight is 421 g/mol. The number of fused-ring (bicyclic) bond motifs is 1. The van der Waals surface area contributed by atoms with E-state index >= 15 is 0 Å². The van der Waals surface area contributed by atoms with Crippen molar-refractivity contribution in [3.63, 3.8) is 0 Å². The number of anilines is 2. The molecule has 1 aliphatic heterocycles. The molecular formula is C22H21ClN6O. The number of piperidine rings is 1. The summed E-state index contributed by atoms with van der Waals surface area (Å²) in [5.41, 5.74) is 3.43. The summed E-state index contributed by atoms with van der Waals surface area (Å²) in [5.74, 6) is 1.41. The second-order valence-corrected chi connectivity index (χ2v) is 7.71. The number of aromatic nitrogens is 2. The van der Waals surface area contributed by atoms with Gasteiger partial charge in [-0.1, -0.05) is 41.0 Å². The monoisotopic (exact) mass is 420 g/mol. The number of aryl methyl sites for hydroxylation is 1. The minimum absolute atomic E-state index is 0.547. The number of nitrogens with one attached hydrogen (secondary N) is 1. The Labute approximate surface area is 179 Å². The Morgan fingerprint density at radius 3 is 2.67 bits per heavy atom. The van der Waals surface area contributed by atoms with Gasteiger partial charge in [-0.15, -0.1) is 10.2 Å². The molecule has 0 atom stereocenters. The number of rotatable bonds is 4. The Balaban J connectivity index is 1.66. The highest BCUT2D eigenvalue weighted by molar-refractivity contribution is 6.31. The molecule has 30 heavy (non-hydrogen) atoms. The second kappa shape index (κ2) is 8.56. The summed E-state index contributed by atoms with van der Waals surface area (Å²) in [5, 5.41) is 27.1. The zero-order chi connectivity index (χ0) is 21.1. The maximum absolute atomic E-state index is 9.00. The van der Waals surface area contributed by atoms with Gasteiger partial charge in [0.15, 0.2) is 17.3 Å². The smallest absolute Gasteiger partial charge is 0.188 e. The number of benzene rings is 2. The summed E-state index contributed by atoms with van der Waals surface area (Å²) in [6.07, 6.45) is 1.38. The molecule has 3 aromatic rings. The first kappa shape index (κ1) is 19.9. The van der Waals surface area contributed by atoms with E-state index in [1.165, 1.54) is 0 Å². The van der Waals surface area contributed by atoms with Crippen molar-refractivity contribution in [3.8, 4) is 0 Å². The molecule has 1 saturated heterocycles. The fourth-order valence-corrected chi connectivity index (χ4v) is 3.77. The van der Waals surface area contributed by atoms with E-state index in [2.05, 4.69) is 30.4 Å². The zero-order valence-corrected chi connectivity index (χ0v) is 17.3. The van der Waals surface area contributed by atoms with Crippen LogP contribution in [0, 0.1) is 13.5 Å². The molecule has 0 spiro atoms. The van der Waals surface area contributed by atoms with Gasteiger partial charge in [-0.05, 0) is 30.2 Å². The number of halogens is 1. The van der Waals surface area contributed by atoms with Gasteiger partial charge in [0.2, 0.25) is 0 Å².